The number of non-ortho nitro benzene ring substituents is 1. The van der Waals surface area contributed by atoms with Crippen LogP contribution in [0.2, 0.25) is 10.0 Å². The highest BCUT2D eigenvalue weighted by molar-refractivity contribution is 6.32. The molecule has 0 unspecified atom stereocenters. The molecule has 4 aromatic rings. The van der Waals surface area contributed by atoms with Crippen molar-refractivity contribution in [3.63, 3.8) is 0 Å². The van der Waals surface area contributed by atoms with Gasteiger partial charge in [0.05, 0.1) is 21.7 Å². The first-order chi connectivity index (χ1) is 17.2. The molecule has 0 saturated carbocycles. The lowest BCUT2D eigenvalue weighted by atomic mass is 10.2. The number of anilines is 1. The minimum atomic E-state index is -0.644. The maximum atomic E-state index is 13.2. The molecule has 0 bridgehead atoms. The standard InChI is InChI=1S/C25H17Cl2FN2O6/c1-14-8-18(3-5-21(14)26)35-20-11-16(10-17(12-20)30(32)33)29-25(31)24-7-4-19(36-24)13-34-23-6-2-15(28)9-22(23)27/h2-12H,13H2,1H3,(H,29,31). The Morgan fingerprint density at radius 3 is 2.56 bits per heavy atom. The SMILES string of the molecule is Cc1cc(Oc2cc(NC(=O)c3ccc(COc4ccc(F)cc4Cl)o3)cc([N+](=O)[O-])c2)ccc1Cl. The third kappa shape index (κ3) is 6.12. The molecule has 0 spiro atoms. The van der Waals surface area contributed by atoms with Gasteiger partial charge in [-0.2, -0.15) is 0 Å². The Balaban J connectivity index is 1.47. The number of rotatable bonds is 8. The summed E-state index contributed by atoms with van der Waals surface area (Å²) in [4.78, 5) is 23.5. The number of furan rings is 1. The molecule has 0 radical (unpaired) electrons. The van der Waals surface area contributed by atoms with Gasteiger partial charge in [0.2, 0.25) is 0 Å². The monoisotopic (exact) mass is 530 g/mol. The van der Waals surface area contributed by atoms with E-state index in [1.807, 2.05) is 0 Å². The van der Waals surface area contributed by atoms with Crippen molar-refractivity contribution >= 4 is 40.5 Å². The van der Waals surface area contributed by atoms with Gasteiger partial charge in [-0.3, -0.25) is 14.9 Å². The fraction of sp³-hybridized carbons (Fsp3) is 0.0800. The van der Waals surface area contributed by atoms with E-state index < -0.39 is 16.6 Å². The van der Waals surface area contributed by atoms with E-state index in [0.717, 1.165) is 11.6 Å². The molecule has 4 rings (SSSR count). The molecule has 1 amide bonds. The number of nitro groups is 1. The molecule has 184 valence electrons. The summed E-state index contributed by atoms with van der Waals surface area (Å²) in [6.45, 7) is 1.74. The number of amides is 1. The summed E-state index contributed by atoms with van der Waals surface area (Å²) >= 11 is 12.0. The van der Waals surface area contributed by atoms with E-state index in [0.29, 0.717) is 16.5 Å². The average Bonchev–Trinajstić information content (AvgIpc) is 3.30. The molecule has 0 atom stereocenters. The van der Waals surface area contributed by atoms with E-state index in [4.69, 9.17) is 37.1 Å². The van der Waals surface area contributed by atoms with Crippen LogP contribution < -0.4 is 14.8 Å². The van der Waals surface area contributed by atoms with Crippen molar-refractivity contribution in [3.05, 3.63) is 110 Å². The number of hydrogen-bond acceptors (Lipinski definition) is 6. The van der Waals surface area contributed by atoms with Crippen LogP contribution in [0.3, 0.4) is 0 Å². The van der Waals surface area contributed by atoms with Crippen molar-refractivity contribution in [2.75, 3.05) is 5.32 Å². The molecular weight excluding hydrogens is 514 g/mol. The van der Waals surface area contributed by atoms with Crippen LogP contribution in [-0.4, -0.2) is 10.8 Å². The van der Waals surface area contributed by atoms with Gasteiger partial charge in [0, 0.05) is 17.2 Å². The highest BCUT2D eigenvalue weighted by Crippen LogP contribution is 2.32. The number of carbonyl (C=O) groups is 1. The quantitative estimate of drug-likeness (QED) is 0.186. The van der Waals surface area contributed by atoms with Crippen molar-refractivity contribution in [1.29, 1.82) is 0 Å². The largest absolute Gasteiger partial charge is 0.484 e. The molecular formula is C25H17Cl2FN2O6. The van der Waals surface area contributed by atoms with Crippen molar-refractivity contribution in [2.45, 2.75) is 13.5 Å². The van der Waals surface area contributed by atoms with Gasteiger partial charge in [-0.15, -0.1) is 0 Å². The van der Waals surface area contributed by atoms with Gasteiger partial charge >= 0.3 is 0 Å². The van der Waals surface area contributed by atoms with Gasteiger partial charge < -0.3 is 19.2 Å². The Kier molecular flexibility index (Phi) is 7.42. The zero-order chi connectivity index (χ0) is 25.8. The highest BCUT2D eigenvalue weighted by Gasteiger charge is 2.17. The topological polar surface area (TPSA) is 104 Å². The van der Waals surface area contributed by atoms with Gasteiger partial charge in [0.1, 0.15) is 35.4 Å². The van der Waals surface area contributed by atoms with Crippen LogP contribution in [0.1, 0.15) is 21.9 Å². The van der Waals surface area contributed by atoms with Crippen LogP contribution >= 0.6 is 23.2 Å². The van der Waals surface area contributed by atoms with Crippen LogP contribution in [-0.2, 0) is 6.61 Å². The third-order valence-electron chi connectivity index (χ3n) is 4.87. The minimum absolute atomic E-state index is 0.0545. The summed E-state index contributed by atoms with van der Waals surface area (Å²) in [5, 5.41) is 14.6. The first-order valence-corrected chi connectivity index (χ1v) is 11.1. The van der Waals surface area contributed by atoms with Gasteiger partial charge in [-0.1, -0.05) is 23.2 Å². The van der Waals surface area contributed by atoms with E-state index in [9.17, 15) is 19.3 Å². The van der Waals surface area contributed by atoms with Gasteiger partial charge in [0.25, 0.3) is 11.6 Å². The molecule has 0 saturated heterocycles. The summed E-state index contributed by atoms with van der Waals surface area (Å²) in [6.07, 6.45) is 0. The Morgan fingerprint density at radius 2 is 1.83 bits per heavy atom. The second-order valence-corrected chi connectivity index (χ2v) is 8.38. The molecule has 36 heavy (non-hydrogen) atoms. The van der Waals surface area contributed by atoms with Gasteiger partial charge in [0.15, 0.2) is 5.76 Å². The number of nitrogens with one attached hydrogen (secondary N) is 1. The molecule has 1 aromatic heterocycles. The number of halogens is 3. The third-order valence-corrected chi connectivity index (χ3v) is 5.59. The predicted molar refractivity (Wildman–Crippen MR) is 132 cm³/mol. The minimum Gasteiger partial charge on any atom is -0.484 e. The second-order valence-electron chi connectivity index (χ2n) is 7.57. The fourth-order valence-corrected chi connectivity index (χ4v) is 3.49. The van der Waals surface area contributed by atoms with Crippen LogP contribution in [0.15, 0.2) is 71.1 Å². The summed E-state index contributed by atoms with van der Waals surface area (Å²) in [5.74, 6) is -0.0713. The number of ether oxygens (including phenoxy) is 2. The Hall–Kier alpha value is -4.08. The van der Waals surface area contributed by atoms with E-state index in [1.165, 1.54) is 42.5 Å². The lowest BCUT2D eigenvalue weighted by Crippen LogP contribution is -2.11. The van der Waals surface area contributed by atoms with Gasteiger partial charge in [-0.05, 0) is 61.0 Å². The van der Waals surface area contributed by atoms with Crippen LogP contribution in [0, 0.1) is 22.9 Å². The second kappa shape index (κ2) is 10.7. The van der Waals surface area contributed by atoms with E-state index >= 15 is 0 Å². The molecule has 11 heteroatoms. The van der Waals surface area contributed by atoms with Crippen molar-refractivity contribution in [3.8, 4) is 17.2 Å². The summed E-state index contributed by atoms with van der Waals surface area (Å²) < 4.78 is 29.9. The fourth-order valence-electron chi connectivity index (χ4n) is 3.15. The maximum absolute atomic E-state index is 13.2. The number of hydrogen-bond donors (Lipinski definition) is 1. The Morgan fingerprint density at radius 1 is 1.03 bits per heavy atom. The first-order valence-electron chi connectivity index (χ1n) is 10.4. The van der Waals surface area contributed by atoms with Crippen LogP contribution in [0.25, 0.3) is 0 Å². The smallest absolute Gasteiger partial charge is 0.291 e. The van der Waals surface area contributed by atoms with Gasteiger partial charge in [-0.25, -0.2) is 4.39 Å². The number of nitro benzene ring substituents is 1. The normalized spacial score (nSPS) is 10.7. The molecule has 1 heterocycles. The Bertz CT molecular complexity index is 1460. The van der Waals surface area contributed by atoms with E-state index in [-0.39, 0.29) is 40.3 Å². The molecule has 0 aliphatic rings. The van der Waals surface area contributed by atoms with E-state index in [2.05, 4.69) is 5.32 Å². The first kappa shape index (κ1) is 25.0. The average molecular weight is 531 g/mol. The highest BCUT2D eigenvalue weighted by atomic mass is 35.5. The number of carbonyl (C=O) groups excluding carboxylic acids is 1. The summed E-state index contributed by atoms with van der Waals surface area (Å²) in [7, 11) is 0. The number of aryl methyl sites for hydroxylation is 1. The summed E-state index contributed by atoms with van der Waals surface area (Å²) in [5.41, 5.74) is 0.618. The number of benzene rings is 3. The van der Waals surface area contributed by atoms with Crippen molar-refractivity contribution in [2.24, 2.45) is 0 Å². The number of nitrogens with zero attached hydrogens (tertiary/aromatic N) is 1. The van der Waals surface area contributed by atoms with Crippen molar-refractivity contribution in [1.82, 2.24) is 0 Å². The molecule has 0 fully saturated rings. The zero-order valence-electron chi connectivity index (χ0n) is 18.6. The van der Waals surface area contributed by atoms with E-state index in [1.54, 1.807) is 25.1 Å². The summed E-state index contributed by atoms with van der Waals surface area (Å²) in [6, 6.07) is 15.5. The van der Waals surface area contributed by atoms with Crippen molar-refractivity contribution < 1.29 is 28.0 Å². The zero-order valence-corrected chi connectivity index (χ0v) is 20.1. The molecule has 8 nitrogen and oxygen atoms in total. The molecule has 0 aliphatic heterocycles. The van der Waals surface area contributed by atoms with Crippen LogP contribution in [0.5, 0.6) is 17.2 Å². The van der Waals surface area contributed by atoms with Crippen LogP contribution in [0.4, 0.5) is 15.8 Å². The predicted octanol–water partition coefficient (Wildman–Crippen LogP) is 7.57. The lowest BCUT2D eigenvalue weighted by molar-refractivity contribution is -0.384. The lowest BCUT2D eigenvalue weighted by Gasteiger charge is -2.10. The maximum Gasteiger partial charge on any atom is 0.291 e. The molecule has 1 N–H and O–H groups in total. The Labute approximate surface area is 214 Å². The molecule has 3 aromatic carbocycles. The molecule has 0 aliphatic carbocycles.